The van der Waals surface area contributed by atoms with Crippen LogP contribution in [0, 0.1) is 0 Å². The fourth-order valence-corrected chi connectivity index (χ4v) is 3.18. The summed E-state index contributed by atoms with van der Waals surface area (Å²) in [6.45, 7) is 3.05. The summed E-state index contributed by atoms with van der Waals surface area (Å²) in [5, 5.41) is 2.35. The van der Waals surface area contributed by atoms with Gasteiger partial charge in [0.1, 0.15) is 5.57 Å². The van der Waals surface area contributed by atoms with Crippen LogP contribution in [0.1, 0.15) is 19.4 Å². The van der Waals surface area contributed by atoms with E-state index in [1.165, 1.54) is 30.7 Å². The molecule has 4 heteroatoms. The predicted molar refractivity (Wildman–Crippen MR) is 104 cm³/mol. The Bertz CT molecular complexity index is 1050. The molecule has 0 aromatic heterocycles. The number of hydrogen-bond donors (Lipinski definition) is 0. The molecule has 0 unspecified atom stereocenters. The van der Waals surface area contributed by atoms with E-state index in [-0.39, 0.29) is 5.57 Å². The molecule has 1 aliphatic rings. The summed E-state index contributed by atoms with van der Waals surface area (Å²) in [7, 11) is 0. The highest BCUT2D eigenvalue weighted by Crippen LogP contribution is 2.29. The molecule has 0 radical (unpaired) electrons. The van der Waals surface area contributed by atoms with Crippen LogP contribution >= 0.6 is 0 Å². The fourth-order valence-electron chi connectivity index (χ4n) is 3.18. The van der Waals surface area contributed by atoms with Crippen LogP contribution in [0.3, 0.4) is 0 Å². The van der Waals surface area contributed by atoms with Crippen LogP contribution in [0.4, 0.5) is 0 Å². The van der Waals surface area contributed by atoms with Gasteiger partial charge in [-0.3, -0.25) is 0 Å². The van der Waals surface area contributed by atoms with Crippen LogP contribution in [0.2, 0.25) is 0 Å². The molecule has 1 heterocycles. The summed E-state index contributed by atoms with van der Waals surface area (Å²) < 4.78 is 10.2. The number of esters is 2. The van der Waals surface area contributed by atoms with E-state index in [1.54, 1.807) is 0 Å². The topological polar surface area (TPSA) is 52.6 Å². The van der Waals surface area contributed by atoms with Gasteiger partial charge < -0.3 is 9.47 Å². The van der Waals surface area contributed by atoms with Crippen molar-refractivity contribution < 1.29 is 19.1 Å². The monoisotopic (exact) mass is 358 g/mol. The maximum Gasteiger partial charge on any atom is 0.348 e. The molecule has 0 spiro atoms. The van der Waals surface area contributed by atoms with E-state index < -0.39 is 17.7 Å². The molecule has 1 saturated heterocycles. The maximum absolute atomic E-state index is 12.1. The Morgan fingerprint density at radius 1 is 0.778 bits per heavy atom. The van der Waals surface area contributed by atoms with E-state index in [4.69, 9.17) is 9.47 Å². The van der Waals surface area contributed by atoms with E-state index in [0.29, 0.717) is 0 Å². The van der Waals surface area contributed by atoms with Crippen LogP contribution in [-0.2, 0) is 19.1 Å². The number of benzene rings is 3. The highest BCUT2D eigenvalue weighted by Gasteiger charge is 2.38. The van der Waals surface area contributed by atoms with Gasteiger partial charge in [-0.05, 0) is 33.5 Å². The van der Waals surface area contributed by atoms with Crippen molar-refractivity contribution >= 4 is 28.8 Å². The maximum atomic E-state index is 12.1. The lowest BCUT2D eigenvalue weighted by molar-refractivity contribution is -0.222. The molecule has 1 aliphatic heterocycles. The van der Waals surface area contributed by atoms with Crippen LogP contribution < -0.4 is 0 Å². The van der Waals surface area contributed by atoms with Crippen molar-refractivity contribution in [2.24, 2.45) is 0 Å². The summed E-state index contributed by atoms with van der Waals surface area (Å²) in [4.78, 5) is 24.1. The van der Waals surface area contributed by atoms with Gasteiger partial charge in [-0.15, -0.1) is 0 Å². The van der Waals surface area contributed by atoms with Crippen molar-refractivity contribution in [1.82, 2.24) is 0 Å². The van der Waals surface area contributed by atoms with Crippen molar-refractivity contribution in [3.8, 4) is 11.1 Å². The van der Waals surface area contributed by atoms with Crippen molar-refractivity contribution in [1.29, 1.82) is 0 Å². The Kier molecular flexibility index (Phi) is 4.04. The second-order valence-electron chi connectivity index (χ2n) is 6.89. The highest BCUT2D eigenvalue weighted by atomic mass is 16.7. The molecule has 1 fully saturated rings. The molecular formula is C23H18O4. The number of cyclic esters (lactones) is 2. The third-order valence-corrected chi connectivity index (χ3v) is 4.44. The Hall–Kier alpha value is -3.40. The lowest BCUT2D eigenvalue weighted by atomic mass is 9.97. The lowest BCUT2D eigenvalue weighted by Crippen LogP contribution is -2.41. The molecule has 0 aliphatic carbocycles. The van der Waals surface area contributed by atoms with Crippen molar-refractivity contribution in [3.05, 3.63) is 77.9 Å². The summed E-state index contributed by atoms with van der Waals surface area (Å²) in [6.07, 6.45) is 1.49. The third-order valence-electron chi connectivity index (χ3n) is 4.44. The Morgan fingerprint density at radius 3 is 2.11 bits per heavy atom. The summed E-state index contributed by atoms with van der Waals surface area (Å²) >= 11 is 0. The van der Waals surface area contributed by atoms with Gasteiger partial charge in [-0.25, -0.2) is 9.59 Å². The first kappa shape index (κ1) is 17.0. The average molecular weight is 358 g/mol. The molecule has 27 heavy (non-hydrogen) atoms. The van der Waals surface area contributed by atoms with Crippen LogP contribution in [0.5, 0.6) is 0 Å². The van der Waals surface area contributed by atoms with Gasteiger partial charge in [0.2, 0.25) is 0 Å². The first-order valence-corrected chi connectivity index (χ1v) is 8.69. The second kappa shape index (κ2) is 6.40. The molecule has 3 aromatic carbocycles. The van der Waals surface area contributed by atoms with E-state index in [9.17, 15) is 9.59 Å². The van der Waals surface area contributed by atoms with Crippen molar-refractivity contribution in [3.63, 3.8) is 0 Å². The predicted octanol–water partition coefficient (Wildman–Crippen LogP) is 4.73. The van der Waals surface area contributed by atoms with Gasteiger partial charge in [-0.2, -0.15) is 0 Å². The molecule has 0 amide bonds. The molecule has 0 atom stereocenters. The van der Waals surface area contributed by atoms with Gasteiger partial charge in [0.25, 0.3) is 5.79 Å². The molecule has 0 N–H and O–H groups in total. The first-order valence-electron chi connectivity index (χ1n) is 8.69. The quantitative estimate of drug-likeness (QED) is 0.378. The number of carbonyl (C=O) groups excluding carboxylic acids is 2. The summed E-state index contributed by atoms with van der Waals surface area (Å²) in [5.74, 6) is -2.58. The van der Waals surface area contributed by atoms with E-state index in [0.717, 1.165) is 16.7 Å². The van der Waals surface area contributed by atoms with Crippen LogP contribution in [-0.4, -0.2) is 17.7 Å². The Morgan fingerprint density at radius 2 is 1.41 bits per heavy atom. The molecule has 3 aromatic rings. The largest absolute Gasteiger partial charge is 0.419 e. The number of hydrogen-bond acceptors (Lipinski definition) is 4. The van der Waals surface area contributed by atoms with Crippen LogP contribution in [0.15, 0.2) is 72.3 Å². The zero-order valence-corrected chi connectivity index (χ0v) is 15.1. The summed E-state index contributed by atoms with van der Waals surface area (Å²) in [5.41, 5.74) is 2.81. The molecule has 134 valence electrons. The van der Waals surface area contributed by atoms with E-state index in [2.05, 4.69) is 24.3 Å². The van der Waals surface area contributed by atoms with Crippen LogP contribution in [0.25, 0.3) is 28.0 Å². The molecule has 4 nitrogen and oxygen atoms in total. The number of rotatable bonds is 2. The smallest absolute Gasteiger partial charge is 0.348 e. The van der Waals surface area contributed by atoms with Gasteiger partial charge in [0.15, 0.2) is 0 Å². The number of carbonyl (C=O) groups is 2. The average Bonchev–Trinajstić information content (AvgIpc) is 2.64. The summed E-state index contributed by atoms with van der Waals surface area (Å²) in [6, 6.07) is 22.1. The number of ether oxygens (including phenoxy) is 2. The molecular weight excluding hydrogens is 340 g/mol. The SMILES string of the molecule is CC1(C)OC(=O)C(=Cc2ccc(-c3cccc4ccccc34)cc2)C(=O)O1. The Balaban J connectivity index is 1.67. The standard InChI is InChI=1S/C23H18O4/c1-23(2)26-21(24)20(22(25)27-23)14-15-10-12-17(13-11-15)19-9-5-7-16-6-3-4-8-18(16)19/h3-14H,1-2H3. The first-order chi connectivity index (χ1) is 12.9. The minimum Gasteiger partial charge on any atom is -0.419 e. The molecule has 0 saturated carbocycles. The van der Waals surface area contributed by atoms with E-state index >= 15 is 0 Å². The lowest BCUT2D eigenvalue weighted by Gasteiger charge is -2.29. The molecule has 0 bridgehead atoms. The van der Waals surface area contributed by atoms with Crippen molar-refractivity contribution in [2.75, 3.05) is 0 Å². The zero-order valence-electron chi connectivity index (χ0n) is 15.1. The Labute approximate surface area is 157 Å². The normalized spacial score (nSPS) is 16.0. The van der Waals surface area contributed by atoms with Gasteiger partial charge in [-0.1, -0.05) is 66.7 Å². The second-order valence-corrected chi connectivity index (χ2v) is 6.89. The van der Waals surface area contributed by atoms with Gasteiger partial charge >= 0.3 is 11.9 Å². The minimum absolute atomic E-state index is 0.104. The zero-order chi connectivity index (χ0) is 19.0. The van der Waals surface area contributed by atoms with E-state index in [1.807, 2.05) is 42.5 Å². The van der Waals surface area contributed by atoms with Gasteiger partial charge in [0.05, 0.1) is 0 Å². The van der Waals surface area contributed by atoms with Gasteiger partial charge in [0, 0.05) is 13.8 Å². The minimum atomic E-state index is -1.23. The number of fused-ring (bicyclic) bond motifs is 1. The van der Waals surface area contributed by atoms with Crippen molar-refractivity contribution in [2.45, 2.75) is 19.6 Å². The third kappa shape index (κ3) is 3.34. The fraction of sp³-hybridized carbons (Fsp3) is 0.130. The molecule has 4 rings (SSSR count). The highest BCUT2D eigenvalue weighted by molar-refractivity contribution is 6.18.